The minimum atomic E-state index is -0.263. The molecule has 33 heavy (non-hydrogen) atoms. The van der Waals surface area contributed by atoms with E-state index >= 15 is 0 Å². The normalized spacial score (nSPS) is 11.4. The highest BCUT2D eigenvalue weighted by Crippen LogP contribution is 2.25. The van der Waals surface area contributed by atoms with Crippen LogP contribution in [0.25, 0.3) is 15.9 Å². The number of para-hydroxylation sites is 1. The summed E-state index contributed by atoms with van der Waals surface area (Å²) in [5, 5.41) is 11.6. The Bertz CT molecular complexity index is 1350. The van der Waals surface area contributed by atoms with Crippen molar-refractivity contribution < 1.29 is 9.53 Å². The summed E-state index contributed by atoms with van der Waals surface area (Å²) in [4.78, 5) is 30.6. The first-order chi connectivity index (χ1) is 16.0. The Kier molecular flexibility index (Phi) is 7.00. The molecule has 0 bridgehead atoms. The van der Waals surface area contributed by atoms with Gasteiger partial charge in [0.05, 0.1) is 17.0 Å². The molecule has 0 saturated carbocycles. The molecule has 2 heterocycles. The second kappa shape index (κ2) is 10.1. The molecule has 0 aliphatic rings. The van der Waals surface area contributed by atoms with Crippen LogP contribution in [0.2, 0.25) is 0 Å². The van der Waals surface area contributed by atoms with E-state index < -0.39 is 0 Å². The second-order valence-corrected chi connectivity index (χ2v) is 8.87. The van der Waals surface area contributed by atoms with Crippen molar-refractivity contribution in [2.24, 2.45) is 0 Å². The number of carbonyl (C=O) groups excluding carboxylic acids is 1. The first-order valence-electron chi connectivity index (χ1n) is 11.0. The molecule has 0 spiro atoms. The highest BCUT2D eigenvalue weighted by Gasteiger charge is 2.14. The van der Waals surface area contributed by atoms with E-state index in [9.17, 15) is 9.59 Å². The highest BCUT2D eigenvalue weighted by atomic mass is 32.1. The van der Waals surface area contributed by atoms with E-state index in [0.717, 1.165) is 24.1 Å². The number of anilines is 2. The van der Waals surface area contributed by atoms with Crippen LogP contribution in [0.4, 0.5) is 10.8 Å². The van der Waals surface area contributed by atoms with E-state index in [2.05, 4.69) is 33.7 Å². The number of carbonyl (C=O) groups is 1. The van der Waals surface area contributed by atoms with Crippen molar-refractivity contribution >= 4 is 43.9 Å². The molecule has 172 valence electrons. The second-order valence-electron chi connectivity index (χ2n) is 7.92. The average Bonchev–Trinajstić information content (AvgIpc) is 3.21. The molecular formula is C24H27N5O3S. The van der Waals surface area contributed by atoms with Crippen LogP contribution < -0.4 is 16.2 Å². The summed E-state index contributed by atoms with van der Waals surface area (Å²) >= 11 is 1.29. The fraction of sp³-hybridized carbons (Fsp3) is 0.333. The highest BCUT2D eigenvalue weighted by molar-refractivity contribution is 7.20. The van der Waals surface area contributed by atoms with Crippen molar-refractivity contribution in [1.82, 2.24) is 19.9 Å². The van der Waals surface area contributed by atoms with Crippen LogP contribution in [0, 0.1) is 0 Å². The topological polar surface area (TPSA) is 97.6 Å². The largest absolute Gasteiger partial charge is 0.379 e. The van der Waals surface area contributed by atoms with Gasteiger partial charge in [-0.25, -0.2) is 4.98 Å². The van der Waals surface area contributed by atoms with Gasteiger partial charge in [0.2, 0.25) is 10.1 Å². The average molecular weight is 466 g/mol. The van der Waals surface area contributed by atoms with Crippen LogP contribution in [-0.4, -0.2) is 39.8 Å². The Labute approximate surface area is 195 Å². The van der Waals surface area contributed by atoms with Crippen molar-refractivity contribution in [1.29, 1.82) is 0 Å². The zero-order valence-electron chi connectivity index (χ0n) is 18.9. The Hall–Kier alpha value is -3.30. The summed E-state index contributed by atoms with van der Waals surface area (Å²) in [5.41, 5.74) is 2.78. The first-order valence-corrected chi connectivity index (χ1v) is 11.9. The van der Waals surface area contributed by atoms with Gasteiger partial charge in [-0.2, -0.15) is 4.52 Å². The third kappa shape index (κ3) is 5.20. The standard InChI is InChI=1S/C24H27N5O3S/c1-4-16-8-5-6-9-19(16)26-23-28-29-22(31)18-11-10-17(14-20(18)27-24(29)33-23)21(30)25-12-7-13-32-15(2)3/h5-6,8-11,14-15H,4,7,12-13H2,1-3H3,(H,25,30)(H,26,28). The third-order valence-corrected chi connectivity index (χ3v) is 5.98. The molecule has 0 radical (unpaired) electrons. The number of fused-ring (bicyclic) bond motifs is 2. The predicted octanol–water partition coefficient (Wildman–Crippen LogP) is 4.16. The van der Waals surface area contributed by atoms with Crippen LogP contribution >= 0.6 is 11.3 Å². The number of rotatable bonds is 9. The summed E-state index contributed by atoms with van der Waals surface area (Å²) in [5.74, 6) is -0.203. The number of nitrogens with zero attached hydrogens (tertiary/aromatic N) is 3. The van der Waals surface area contributed by atoms with Crippen molar-refractivity contribution in [3.05, 3.63) is 63.9 Å². The van der Waals surface area contributed by atoms with Crippen molar-refractivity contribution in [3.8, 4) is 0 Å². The lowest BCUT2D eigenvalue weighted by Gasteiger charge is -2.08. The maximum absolute atomic E-state index is 13.0. The molecule has 1 amide bonds. The molecule has 4 rings (SSSR count). The van der Waals surface area contributed by atoms with E-state index in [1.54, 1.807) is 18.2 Å². The molecular weight excluding hydrogens is 438 g/mol. The minimum absolute atomic E-state index is 0.173. The number of hydrogen-bond acceptors (Lipinski definition) is 7. The first kappa shape index (κ1) is 22.9. The molecule has 0 aliphatic heterocycles. The Morgan fingerprint density at radius 1 is 1.21 bits per heavy atom. The number of hydrogen-bond donors (Lipinski definition) is 2. The summed E-state index contributed by atoms with van der Waals surface area (Å²) in [6, 6.07) is 12.9. The van der Waals surface area contributed by atoms with Gasteiger partial charge in [-0.15, -0.1) is 5.10 Å². The smallest absolute Gasteiger partial charge is 0.283 e. The maximum Gasteiger partial charge on any atom is 0.283 e. The summed E-state index contributed by atoms with van der Waals surface area (Å²) in [6.07, 6.45) is 1.79. The Morgan fingerprint density at radius 2 is 2.03 bits per heavy atom. The number of amides is 1. The summed E-state index contributed by atoms with van der Waals surface area (Å²) in [6.45, 7) is 7.15. The zero-order valence-corrected chi connectivity index (χ0v) is 19.7. The molecule has 0 unspecified atom stereocenters. The molecule has 8 nitrogen and oxygen atoms in total. The van der Waals surface area contributed by atoms with E-state index in [4.69, 9.17) is 4.74 Å². The lowest BCUT2D eigenvalue weighted by molar-refractivity contribution is 0.0757. The molecule has 0 aliphatic carbocycles. The van der Waals surface area contributed by atoms with Crippen molar-refractivity contribution in [2.45, 2.75) is 39.7 Å². The number of aryl methyl sites for hydroxylation is 1. The molecule has 0 fully saturated rings. The zero-order chi connectivity index (χ0) is 23.4. The minimum Gasteiger partial charge on any atom is -0.379 e. The monoisotopic (exact) mass is 465 g/mol. The van der Waals surface area contributed by atoms with Gasteiger partial charge in [0.15, 0.2) is 0 Å². The van der Waals surface area contributed by atoms with Crippen LogP contribution in [0.15, 0.2) is 47.3 Å². The van der Waals surface area contributed by atoms with Gasteiger partial charge in [0.1, 0.15) is 0 Å². The van der Waals surface area contributed by atoms with E-state index in [0.29, 0.717) is 39.7 Å². The van der Waals surface area contributed by atoms with Crippen LogP contribution in [-0.2, 0) is 11.2 Å². The van der Waals surface area contributed by atoms with Crippen LogP contribution in [0.5, 0.6) is 0 Å². The molecule has 4 aromatic rings. The SMILES string of the molecule is CCc1ccccc1Nc1nn2c(=O)c3ccc(C(=O)NCCCOC(C)C)cc3nc2s1. The van der Waals surface area contributed by atoms with E-state index in [1.165, 1.54) is 15.9 Å². The number of ether oxygens (including phenoxy) is 1. The Balaban J connectivity index is 1.56. The molecule has 2 aromatic carbocycles. The molecule has 9 heteroatoms. The van der Waals surface area contributed by atoms with Crippen molar-refractivity contribution in [2.75, 3.05) is 18.5 Å². The molecule has 2 aromatic heterocycles. The lowest BCUT2D eigenvalue weighted by atomic mass is 10.1. The van der Waals surface area contributed by atoms with Gasteiger partial charge in [-0.1, -0.05) is 36.5 Å². The van der Waals surface area contributed by atoms with Gasteiger partial charge >= 0.3 is 0 Å². The predicted molar refractivity (Wildman–Crippen MR) is 132 cm³/mol. The lowest BCUT2D eigenvalue weighted by Crippen LogP contribution is -2.25. The molecule has 0 saturated heterocycles. The van der Waals surface area contributed by atoms with E-state index in [1.807, 2.05) is 32.0 Å². The Morgan fingerprint density at radius 3 is 2.82 bits per heavy atom. The van der Waals surface area contributed by atoms with Crippen LogP contribution in [0.3, 0.4) is 0 Å². The quantitative estimate of drug-likeness (QED) is 0.360. The molecule has 0 atom stereocenters. The van der Waals surface area contributed by atoms with Gasteiger partial charge in [0, 0.05) is 24.4 Å². The van der Waals surface area contributed by atoms with Crippen LogP contribution in [0.1, 0.15) is 43.1 Å². The van der Waals surface area contributed by atoms with Gasteiger partial charge in [-0.05, 0) is 56.5 Å². The fourth-order valence-electron chi connectivity index (χ4n) is 3.46. The number of aromatic nitrogens is 3. The number of benzene rings is 2. The molecule has 2 N–H and O–H groups in total. The number of nitrogens with one attached hydrogen (secondary N) is 2. The maximum atomic E-state index is 13.0. The third-order valence-electron chi connectivity index (χ3n) is 5.16. The summed E-state index contributed by atoms with van der Waals surface area (Å²) < 4.78 is 6.79. The van der Waals surface area contributed by atoms with Crippen molar-refractivity contribution in [3.63, 3.8) is 0 Å². The van der Waals surface area contributed by atoms with Gasteiger partial charge in [0.25, 0.3) is 11.5 Å². The van der Waals surface area contributed by atoms with Gasteiger partial charge < -0.3 is 15.4 Å². The van der Waals surface area contributed by atoms with E-state index in [-0.39, 0.29) is 17.6 Å². The van der Waals surface area contributed by atoms with Gasteiger partial charge in [-0.3, -0.25) is 9.59 Å². The fourth-order valence-corrected chi connectivity index (χ4v) is 4.27. The summed E-state index contributed by atoms with van der Waals surface area (Å²) in [7, 11) is 0.